The molecule has 1 heterocycles. The van der Waals surface area contributed by atoms with Crippen molar-refractivity contribution >= 4 is 35.6 Å². The van der Waals surface area contributed by atoms with E-state index in [4.69, 9.17) is 10.2 Å². The largest absolute Gasteiger partial charge is 0.443 e. The Bertz CT molecular complexity index is 686. The van der Waals surface area contributed by atoms with Crippen molar-refractivity contribution in [1.82, 2.24) is 4.98 Å². The summed E-state index contributed by atoms with van der Waals surface area (Å²) in [6.45, 7) is 10.9. The third kappa shape index (κ3) is 5.81. The number of guanidine groups is 1. The molecule has 0 amide bonds. The molecule has 0 saturated heterocycles. The van der Waals surface area contributed by atoms with Crippen LogP contribution in [0.2, 0.25) is 0 Å². The Kier molecular flexibility index (Phi) is 7.26. The summed E-state index contributed by atoms with van der Waals surface area (Å²) in [6.07, 6.45) is 1.75. The Balaban J connectivity index is 0.00000288. The maximum absolute atomic E-state index is 5.94. The summed E-state index contributed by atoms with van der Waals surface area (Å²) in [4.78, 5) is 8.53. The van der Waals surface area contributed by atoms with E-state index in [1.807, 2.05) is 12.1 Å². The fourth-order valence-electron chi connectivity index (χ4n) is 2.05. The molecule has 0 spiro atoms. The van der Waals surface area contributed by atoms with Crippen LogP contribution < -0.4 is 11.1 Å². The molecule has 0 fully saturated rings. The zero-order valence-electron chi connectivity index (χ0n) is 15.0. The average Bonchev–Trinajstić information content (AvgIpc) is 2.94. The molecule has 5 nitrogen and oxygen atoms in total. The van der Waals surface area contributed by atoms with E-state index >= 15 is 0 Å². The lowest BCUT2D eigenvalue weighted by molar-refractivity contribution is 0.383. The van der Waals surface area contributed by atoms with Crippen LogP contribution >= 0.6 is 24.0 Å². The van der Waals surface area contributed by atoms with Crippen molar-refractivity contribution in [2.45, 2.75) is 52.5 Å². The maximum Gasteiger partial charge on any atom is 0.216 e. The molecule has 0 aliphatic rings. The average molecular weight is 442 g/mol. The second-order valence-corrected chi connectivity index (χ2v) is 6.97. The van der Waals surface area contributed by atoms with E-state index in [0.717, 1.165) is 11.4 Å². The molecular formula is C18H27IN4O. The summed E-state index contributed by atoms with van der Waals surface area (Å²) >= 11 is 0. The monoisotopic (exact) mass is 442 g/mol. The lowest BCUT2D eigenvalue weighted by Gasteiger charge is -2.13. The number of nitrogens with zero attached hydrogens (tertiary/aromatic N) is 2. The van der Waals surface area contributed by atoms with Crippen LogP contribution in [-0.4, -0.2) is 10.9 Å². The molecule has 1 aromatic carbocycles. The Morgan fingerprint density at radius 3 is 2.62 bits per heavy atom. The van der Waals surface area contributed by atoms with E-state index in [1.54, 1.807) is 6.20 Å². The number of aliphatic imine (C=N–C) groups is 1. The van der Waals surface area contributed by atoms with Gasteiger partial charge in [-0.3, -0.25) is 0 Å². The van der Waals surface area contributed by atoms with Gasteiger partial charge in [0.05, 0.1) is 6.20 Å². The van der Waals surface area contributed by atoms with Gasteiger partial charge in [0.2, 0.25) is 5.89 Å². The van der Waals surface area contributed by atoms with E-state index in [0.29, 0.717) is 24.3 Å². The van der Waals surface area contributed by atoms with Crippen molar-refractivity contribution in [2.24, 2.45) is 10.7 Å². The highest BCUT2D eigenvalue weighted by Gasteiger charge is 2.18. The smallest absolute Gasteiger partial charge is 0.216 e. The third-order valence-corrected chi connectivity index (χ3v) is 3.50. The van der Waals surface area contributed by atoms with Crippen LogP contribution in [0, 0.1) is 0 Å². The number of hydrogen-bond donors (Lipinski definition) is 2. The molecule has 0 bridgehead atoms. The van der Waals surface area contributed by atoms with Gasteiger partial charge in [0.25, 0.3) is 0 Å². The van der Waals surface area contributed by atoms with Gasteiger partial charge in [-0.1, -0.05) is 46.8 Å². The van der Waals surface area contributed by atoms with Gasteiger partial charge in [0.15, 0.2) is 5.96 Å². The second-order valence-electron chi connectivity index (χ2n) is 6.97. The number of nitrogens with two attached hydrogens (primary N) is 1. The van der Waals surface area contributed by atoms with E-state index in [1.165, 1.54) is 5.56 Å². The molecule has 0 aliphatic carbocycles. The molecule has 1 aromatic heterocycles. The molecule has 132 valence electrons. The minimum atomic E-state index is -0.0595. The first-order valence-corrected chi connectivity index (χ1v) is 7.88. The molecule has 0 radical (unpaired) electrons. The number of hydrogen-bond acceptors (Lipinski definition) is 3. The van der Waals surface area contributed by atoms with Crippen LogP contribution in [0.4, 0.5) is 5.69 Å². The lowest BCUT2D eigenvalue weighted by Crippen LogP contribution is -2.22. The predicted molar refractivity (Wildman–Crippen MR) is 110 cm³/mol. The molecule has 0 saturated carbocycles. The topological polar surface area (TPSA) is 76.4 Å². The van der Waals surface area contributed by atoms with Gasteiger partial charge >= 0.3 is 0 Å². The van der Waals surface area contributed by atoms with E-state index in [-0.39, 0.29) is 29.4 Å². The van der Waals surface area contributed by atoms with Gasteiger partial charge in [0.1, 0.15) is 12.3 Å². The Labute approximate surface area is 161 Å². The first-order chi connectivity index (χ1) is 10.8. The van der Waals surface area contributed by atoms with Crippen LogP contribution in [0.3, 0.4) is 0 Å². The van der Waals surface area contributed by atoms with Gasteiger partial charge < -0.3 is 15.5 Å². The predicted octanol–water partition coefficient (Wildman–Crippen LogP) is 4.64. The van der Waals surface area contributed by atoms with Crippen molar-refractivity contribution in [3.05, 3.63) is 47.7 Å². The molecule has 0 unspecified atom stereocenters. The summed E-state index contributed by atoms with van der Waals surface area (Å²) < 4.78 is 5.70. The zero-order valence-corrected chi connectivity index (χ0v) is 17.3. The highest BCUT2D eigenvalue weighted by Crippen LogP contribution is 2.23. The lowest BCUT2D eigenvalue weighted by atomic mass is 9.94. The Morgan fingerprint density at radius 1 is 1.33 bits per heavy atom. The first kappa shape index (κ1) is 20.5. The maximum atomic E-state index is 5.94. The number of rotatable bonds is 4. The number of anilines is 1. The standard InChI is InChI=1S/C18H26N4O.HI/c1-12(2)13-7-6-8-14(9-13)22-17(19)21-11-16-20-10-15(23-16)18(3,4)5;/h6-10,12H,11H2,1-5H3,(H3,19,21,22);1H. The van der Waals surface area contributed by atoms with Crippen molar-refractivity contribution in [1.29, 1.82) is 0 Å². The number of nitrogens with one attached hydrogen (secondary N) is 1. The number of benzene rings is 1. The molecule has 0 atom stereocenters. The number of aromatic nitrogens is 1. The van der Waals surface area contributed by atoms with Gasteiger partial charge in [-0.25, -0.2) is 9.98 Å². The first-order valence-electron chi connectivity index (χ1n) is 7.88. The fourth-order valence-corrected chi connectivity index (χ4v) is 2.05. The molecule has 6 heteroatoms. The zero-order chi connectivity index (χ0) is 17.0. The minimum Gasteiger partial charge on any atom is -0.443 e. The van der Waals surface area contributed by atoms with E-state index < -0.39 is 0 Å². The SMILES string of the molecule is CC(C)c1cccc(NC(N)=NCc2ncc(C(C)(C)C)o2)c1.I. The van der Waals surface area contributed by atoms with Crippen LogP contribution in [-0.2, 0) is 12.0 Å². The highest BCUT2D eigenvalue weighted by atomic mass is 127. The molecule has 2 aromatic rings. The molecule has 3 N–H and O–H groups in total. The van der Waals surface area contributed by atoms with E-state index in [2.05, 4.69) is 62.0 Å². The molecule has 24 heavy (non-hydrogen) atoms. The number of oxazole rings is 1. The van der Waals surface area contributed by atoms with E-state index in [9.17, 15) is 0 Å². The summed E-state index contributed by atoms with van der Waals surface area (Å²) in [5.74, 6) is 2.23. The van der Waals surface area contributed by atoms with Crippen molar-refractivity contribution in [3.8, 4) is 0 Å². The van der Waals surface area contributed by atoms with Gasteiger partial charge in [-0.15, -0.1) is 24.0 Å². The van der Waals surface area contributed by atoms with Crippen LogP contribution in [0.1, 0.15) is 57.8 Å². The second kappa shape index (κ2) is 8.50. The van der Waals surface area contributed by atoms with Crippen LogP contribution in [0.5, 0.6) is 0 Å². The third-order valence-electron chi connectivity index (χ3n) is 3.50. The van der Waals surface area contributed by atoms with Crippen molar-refractivity contribution in [3.63, 3.8) is 0 Å². The fraction of sp³-hybridized carbons (Fsp3) is 0.444. The quantitative estimate of drug-likeness (QED) is 0.411. The van der Waals surface area contributed by atoms with Crippen molar-refractivity contribution in [2.75, 3.05) is 5.32 Å². The molecule has 2 rings (SSSR count). The molecular weight excluding hydrogens is 415 g/mol. The van der Waals surface area contributed by atoms with Gasteiger partial charge in [0, 0.05) is 11.1 Å². The number of halogens is 1. The molecule has 0 aliphatic heterocycles. The van der Waals surface area contributed by atoms with Gasteiger partial charge in [-0.2, -0.15) is 0 Å². The van der Waals surface area contributed by atoms with Crippen molar-refractivity contribution < 1.29 is 4.42 Å². The normalized spacial score (nSPS) is 12.2. The summed E-state index contributed by atoms with van der Waals surface area (Å²) in [5.41, 5.74) is 8.07. The van der Waals surface area contributed by atoms with Crippen LogP contribution in [0.15, 0.2) is 39.9 Å². The Hall–Kier alpha value is -1.57. The summed E-state index contributed by atoms with van der Waals surface area (Å²) in [7, 11) is 0. The highest BCUT2D eigenvalue weighted by molar-refractivity contribution is 14.0. The summed E-state index contributed by atoms with van der Waals surface area (Å²) in [5, 5.41) is 3.10. The Morgan fingerprint density at radius 2 is 2.04 bits per heavy atom. The minimum absolute atomic E-state index is 0. The summed E-state index contributed by atoms with van der Waals surface area (Å²) in [6, 6.07) is 8.16. The van der Waals surface area contributed by atoms with Gasteiger partial charge in [-0.05, 0) is 23.6 Å². The van der Waals surface area contributed by atoms with Crippen LogP contribution in [0.25, 0.3) is 0 Å².